The lowest BCUT2D eigenvalue weighted by molar-refractivity contribution is -0.129. The van der Waals surface area contributed by atoms with Crippen molar-refractivity contribution >= 4 is 27.5 Å². The zero-order valence-corrected chi connectivity index (χ0v) is 18.3. The number of rotatable bonds is 8. The Balaban J connectivity index is 2.27. The smallest absolute Gasteiger partial charge is 0.340 e. The molecule has 1 N–H and O–H groups in total. The number of sulfonamides is 1. The third-order valence-corrected chi connectivity index (χ3v) is 5.59. The van der Waals surface area contributed by atoms with Crippen molar-refractivity contribution in [2.24, 2.45) is 5.41 Å². The van der Waals surface area contributed by atoms with Gasteiger partial charge in [0.2, 0.25) is 0 Å². The van der Waals surface area contributed by atoms with Gasteiger partial charge in [0.15, 0.2) is 23.9 Å². The molecule has 0 fully saturated rings. The number of anilines is 1. The fraction of sp³-hybridized carbons (Fsp3) is 0.333. The number of benzene rings is 2. The number of ether oxygens (including phenoxy) is 3. The topological polar surface area (TPSA) is 108 Å². The molecule has 0 heterocycles. The van der Waals surface area contributed by atoms with E-state index < -0.39 is 28.0 Å². The van der Waals surface area contributed by atoms with Crippen LogP contribution in [0.1, 0.15) is 31.1 Å². The molecule has 0 aliphatic carbocycles. The van der Waals surface area contributed by atoms with E-state index >= 15 is 0 Å². The number of Topliss-reactive ketones (excluding diaryl/α,β-unsaturated/α-hetero) is 1. The zero-order chi connectivity index (χ0) is 22.5. The summed E-state index contributed by atoms with van der Waals surface area (Å²) in [5.41, 5.74) is -0.641. The van der Waals surface area contributed by atoms with E-state index in [1.165, 1.54) is 44.6 Å². The quantitative estimate of drug-likeness (QED) is 0.634. The van der Waals surface area contributed by atoms with Crippen LogP contribution in [0.3, 0.4) is 0 Å². The highest BCUT2D eigenvalue weighted by atomic mass is 32.2. The van der Waals surface area contributed by atoms with Gasteiger partial charge in [0.25, 0.3) is 10.0 Å². The SMILES string of the molecule is COc1ccc(S(=O)(=O)Nc2ccccc2C(=O)OCC(=O)C(C)(C)C)cc1OC. The van der Waals surface area contributed by atoms with E-state index in [-0.39, 0.29) is 27.7 Å². The summed E-state index contributed by atoms with van der Waals surface area (Å²) in [6, 6.07) is 10.1. The Morgan fingerprint density at radius 2 is 1.60 bits per heavy atom. The lowest BCUT2D eigenvalue weighted by Crippen LogP contribution is -2.26. The van der Waals surface area contributed by atoms with Crippen molar-refractivity contribution in [3.8, 4) is 11.5 Å². The van der Waals surface area contributed by atoms with Gasteiger partial charge in [0.1, 0.15) is 0 Å². The third-order valence-electron chi connectivity index (χ3n) is 4.23. The number of para-hydroxylation sites is 1. The molecule has 2 aromatic carbocycles. The molecular formula is C21H25NO7S. The molecule has 0 aromatic heterocycles. The van der Waals surface area contributed by atoms with Gasteiger partial charge < -0.3 is 14.2 Å². The maximum atomic E-state index is 12.8. The second-order valence-electron chi connectivity index (χ2n) is 7.42. The molecule has 0 spiro atoms. The number of esters is 1. The molecule has 9 heteroatoms. The van der Waals surface area contributed by atoms with Crippen molar-refractivity contribution < 1.29 is 32.2 Å². The highest BCUT2D eigenvalue weighted by molar-refractivity contribution is 7.92. The molecule has 0 saturated heterocycles. The lowest BCUT2D eigenvalue weighted by atomic mass is 9.91. The van der Waals surface area contributed by atoms with E-state index in [1.54, 1.807) is 32.9 Å². The number of methoxy groups -OCH3 is 2. The average molecular weight is 435 g/mol. The van der Waals surface area contributed by atoms with E-state index in [0.717, 1.165) is 0 Å². The number of ketones is 1. The highest BCUT2D eigenvalue weighted by Gasteiger charge is 2.25. The number of hydrogen-bond acceptors (Lipinski definition) is 7. The molecule has 8 nitrogen and oxygen atoms in total. The molecule has 0 bridgehead atoms. The Labute approximate surface area is 176 Å². The van der Waals surface area contributed by atoms with E-state index in [9.17, 15) is 18.0 Å². The maximum Gasteiger partial charge on any atom is 0.340 e. The Morgan fingerprint density at radius 1 is 0.967 bits per heavy atom. The first-order valence-corrected chi connectivity index (χ1v) is 10.5. The Morgan fingerprint density at radius 3 is 2.20 bits per heavy atom. The summed E-state index contributed by atoms with van der Waals surface area (Å²) in [7, 11) is -1.21. The Hall–Kier alpha value is -3.07. The van der Waals surface area contributed by atoms with Crippen LogP contribution in [-0.4, -0.2) is 41.0 Å². The summed E-state index contributed by atoms with van der Waals surface area (Å²) < 4.78 is 43.4. The molecule has 2 rings (SSSR count). The summed E-state index contributed by atoms with van der Waals surface area (Å²) >= 11 is 0. The molecule has 0 aliphatic heterocycles. The van der Waals surface area contributed by atoms with Gasteiger partial charge >= 0.3 is 5.97 Å². The van der Waals surface area contributed by atoms with Gasteiger partial charge in [-0.25, -0.2) is 13.2 Å². The zero-order valence-electron chi connectivity index (χ0n) is 17.5. The first-order valence-electron chi connectivity index (χ1n) is 9.04. The lowest BCUT2D eigenvalue weighted by Gasteiger charge is -2.17. The van der Waals surface area contributed by atoms with Gasteiger partial charge in [-0.05, 0) is 24.3 Å². The van der Waals surface area contributed by atoms with E-state index in [2.05, 4.69) is 4.72 Å². The minimum atomic E-state index is -4.04. The van der Waals surface area contributed by atoms with Crippen molar-refractivity contribution in [2.45, 2.75) is 25.7 Å². The fourth-order valence-electron chi connectivity index (χ4n) is 2.36. The van der Waals surface area contributed by atoms with Crippen molar-refractivity contribution in [3.63, 3.8) is 0 Å². The van der Waals surface area contributed by atoms with Gasteiger partial charge in [-0.1, -0.05) is 32.9 Å². The van der Waals surface area contributed by atoms with Crippen molar-refractivity contribution in [1.82, 2.24) is 0 Å². The van der Waals surface area contributed by atoms with Crippen molar-refractivity contribution in [1.29, 1.82) is 0 Å². The first kappa shape index (κ1) is 23.2. The molecule has 0 unspecified atom stereocenters. The normalized spacial score (nSPS) is 11.5. The molecule has 0 aliphatic rings. The minimum absolute atomic E-state index is 0.0109. The summed E-state index contributed by atoms with van der Waals surface area (Å²) in [6.07, 6.45) is 0. The molecule has 2 aromatic rings. The standard InChI is InChI=1S/C21H25NO7S/c1-21(2,3)19(23)13-29-20(24)15-8-6-7-9-16(15)22-30(25,26)14-10-11-17(27-4)18(12-14)28-5/h6-12,22H,13H2,1-5H3. The maximum absolute atomic E-state index is 12.8. The van der Waals surface area contributed by atoms with Crippen LogP contribution in [0.5, 0.6) is 11.5 Å². The first-order chi connectivity index (χ1) is 14.0. The molecule has 0 amide bonds. The molecule has 0 atom stereocenters. The Bertz CT molecular complexity index is 1040. The van der Waals surface area contributed by atoms with Crippen molar-refractivity contribution in [3.05, 3.63) is 48.0 Å². The van der Waals surface area contributed by atoms with Crippen LogP contribution in [0.15, 0.2) is 47.4 Å². The summed E-state index contributed by atoms with van der Waals surface area (Å²) in [5.74, 6) is -0.435. The molecule has 0 radical (unpaired) electrons. The fourth-order valence-corrected chi connectivity index (χ4v) is 3.46. The monoisotopic (exact) mass is 435 g/mol. The van der Waals surface area contributed by atoms with E-state index in [4.69, 9.17) is 14.2 Å². The number of carbonyl (C=O) groups is 2. The summed E-state index contributed by atoms with van der Waals surface area (Å²) in [4.78, 5) is 24.4. The highest BCUT2D eigenvalue weighted by Crippen LogP contribution is 2.30. The van der Waals surface area contributed by atoms with Crippen LogP contribution in [0, 0.1) is 5.41 Å². The number of nitrogens with one attached hydrogen (secondary N) is 1. The molecular weight excluding hydrogens is 410 g/mol. The predicted octanol–water partition coefficient (Wildman–Crippen LogP) is 3.28. The van der Waals surface area contributed by atoms with Gasteiger partial charge in [-0.15, -0.1) is 0 Å². The third kappa shape index (κ3) is 5.50. The number of carbonyl (C=O) groups excluding carboxylic acids is 2. The average Bonchev–Trinajstić information content (AvgIpc) is 2.70. The second kappa shape index (κ2) is 9.17. The van der Waals surface area contributed by atoms with Crippen LogP contribution in [0.25, 0.3) is 0 Å². The summed E-state index contributed by atoms with van der Waals surface area (Å²) in [6.45, 7) is 4.75. The molecule has 162 valence electrons. The van der Waals surface area contributed by atoms with Gasteiger partial charge in [-0.3, -0.25) is 9.52 Å². The van der Waals surface area contributed by atoms with Crippen molar-refractivity contribution in [2.75, 3.05) is 25.5 Å². The van der Waals surface area contributed by atoms with Crippen LogP contribution in [0.2, 0.25) is 0 Å². The second-order valence-corrected chi connectivity index (χ2v) is 9.10. The Kier molecular flexibility index (Phi) is 7.09. The van der Waals surface area contributed by atoms with Crippen LogP contribution in [0.4, 0.5) is 5.69 Å². The molecule has 30 heavy (non-hydrogen) atoms. The molecule has 0 saturated carbocycles. The van der Waals surface area contributed by atoms with E-state index in [0.29, 0.717) is 5.75 Å². The van der Waals surface area contributed by atoms with Gasteiger partial charge in [0, 0.05) is 11.5 Å². The van der Waals surface area contributed by atoms with Crippen LogP contribution in [-0.2, 0) is 19.6 Å². The predicted molar refractivity (Wildman–Crippen MR) is 112 cm³/mol. The largest absolute Gasteiger partial charge is 0.493 e. The van der Waals surface area contributed by atoms with E-state index in [1.807, 2.05) is 0 Å². The number of hydrogen-bond donors (Lipinski definition) is 1. The minimum Gasteiger partial charge on any atom is -0.493 e. The summed E-state index contributed by atoms with van der Waals surface area (Å²) in [5, 5.41) is 0. The van der Waals surface area contributed by atoms with Gasteiger partial charge in [-0.2, -0.15) is 0 Å². The van der Waals surface area contributed by atoms with Gasteiger partial charge in [0.05, 0.1) is 30.4 Å². The van der Waals surface area contributed by atoms with Crippen LogP contribution < -0.4 is 14.2 Å². The van der Waals surface area contributed by atoms with Crippen LogP contribution >= 0.6 is 0 Å².